The average molecular weight is 213 g/mol. The Morgan fingerprint density at radius 3 is 2.40 bits per heavy atom. The normalized spacial score (nSPS) is 36.2. The van der Waals surface area contributed by atoms with Crippen LogP contribution in [0.2, 0.25) is 0 Å². The Morgan fingerprint density at radius 1 is 1.20 bits per heavy atom. The van der Waals surface area contributed by atoms with E-state index in [1.807, 2.05) is 0 Å². The van der Waals surface area contributed by atoms with Gasteiger partial charge in [0, 0.05) is 17.6 Å². The van der Waals surface area contributed by atoms with Crippen molar-refractivity contribution >= 4 is 0 Å². The van der Waals surface area contributed by atoms with E-state index in [0.29, 0.717) is 5.92 Å². The van der Waals surface area contributed by atoms with Crippen molar-refractivity contribution in [3.63, 3.8) is 0 Å². The summed E-state index contributed by atoms with van der Waals surface area (Å²) >= 11 is 0. The summed E-state index contributed by atoms with van der Waals surface area (Å²) in [5.41, 5.74) is 18.7. The second-order valence-electron chi connectivity index (χ2n) is 5.05. The summed E-state index contributed by atoms with van der Waals surface area (Å²) in [7, 11) is 0. The van der Waals surface area contributed by atoms with E-state index in [2.05, 4.69) is 13.8 Å². The summed E-state index contributed by atoms with van der Waals surface area (Å²) in [6.45, 7) is 4.25. The van der Waals surface area contributed by atoms with Gasteiger partial charge in [-0.2, -0.15) is 0 Å². The van der Waals surface area contributed by atoms with Crippen molar-refractivity contribution in [3.8, 4) is 0 Å². The SMILES string of the molecule is CCC(N)C1CCCCC1(N)C(N)CC. The van der Waals surface area contributed by atoms with Crippen LogP contribution in [-0.4, -0.2) is 17.6 Å². The van der Waals surface area contributed by atoms with Crippen molar-refractivity contribution in [2.45, 2.75) is 70.0 Å². The predicted molar refractivity (Wildman–Crippen MR) is 65.4 cm³/mol. The van der Waals surface area contributed by atoms with Gasteiger partial charge in [0.15, 0.2) is 0 Å². The van der Waals surface area contributed by atoms with Crippen LogP contribution >= 0.6 is 0 Å². The summed E-state index contributed by atoms with van der Waals surface area (Å²) in [5.74, 6) is 0.409. The molecule has 1 rings (SSSR count). The Bertz CT molecular complexity index is 195. The maximum Gasteiger partial charge on any atom is 0.0351 e. The van der Waals surface area contributed by atoms with E-state index in [4.69, 9.17) is 17.2 Å². The standard InChI is InChI=1S/C12H27N3/c1-3-10(13)9-7-5-6-8-12(9,15)11(14)4-2/h9-11H,3-8,13-15H2,1-2H3. The summed E-state index contributed by atoms with van der Waals surface area (Å²) in [5, 5.41) is 0. The van der Waals surface area contributed by atoms with Crippen LogP contribution in [0.5, 0.6) is 0 Å². The fourth-order valence-electron chi connectivity index (χ4n) is 2.99. The van der Waals surface area contributed by atoms with Crippen molar-refractivity contribution in [1.29, 1.82) is 0 Å². The van der Waals surface area contributed by atoms with Gasteiger partial charge in [0.2, 0.25) is 0 Å². The molecular weight excluding hydrogens is 186 g/mol. The highest BCUT2D eigenvalue weighted by Crippen LogP contribution is 2.36. The molecule has 4 unspecified atom stereocenters. The molecule has 0 aromatic heterocycles. The first-order chi connectivity index (χ1) is 7.06. The third kappa shape index (κ3) is 2.52. The van der Waals surface area contributed by atoms with Crippen LogP contribution in [0, 0.1) is 5.92 Å². The summed E-state index contributed by atoms with van der Waals surface area (Å²) in [6.07, 6.45) is 6.61. The van der Waals surface area contributed by atoms with Gasteiger partial charge >= 0.3 is 0 Å². The van der Waals surface area contributed by atoms with E-state index in [0.717, 1.165) is 25.7 Å². The zero-order chi connectivity index (χ0) is 11.5. The molecule has 1 aliphatic rings. The molecule has 0 amide bonds. The number of rotatable bonds is 4. The first kappa shape index (κ1) is 12.9. The van der Waals surface area contributed by atoms with Crippen LogP contribution in [0.1, 0.15) is 52.4 Å². The zero-order valence-corrected chi connectivity index (χ0v) is 10.2. The van der Waals surface area contributed by atoms with Crippen molar-refractivity contribution in [2.24, 2.45) is 23.1 Å². The fourth-order valence-corrected chi connectivity index (χ4v) is 2.99. The first-order valence-corrected chi connectivity index (χ1v) is 6.36. The van der Waals surface area contributed by atoms with Gasteiger partial charge in [-0.05, 0) is 31.6 Å². The Labute approximate surface area is 93.8 Å². The molecule has 15 heavy (non-hydrogen) atoms. The van der Waals surface area contributed by atoms with Gasteiger partial charge in [-0.1, -0.05) is 26.7 Å². The van der Waals surface area contributed by atoms with E-state index < -0.39 is 0 Å². The molecule has 0 spiro atoms. The monoisotopic (exact) mass is 213 g/mol. The van der Waals surface area contributed by atoms with Crippen molar-refractivity contribution < 1.29 is 0 Å². The van der Waals surface area contributed by atoms with Crippen molar-refractivity contribution in [1.82, 2.24) is 0 Å². The number of hydrogen-bond acceptors (Lipinski definition) is 3. The molecule has 1 aliphatic carbocycles. The summed E-state index contributed by atoms with van der Waals surface area (Å²) in [4.78, 5) is 0. The lowest BCUT2D eigenvalue weighted by molar-refractivity contribution is 0.126. The van der Waals surface area contributed by atoms with Crippen LogP contribution in [0.15, 0.2) is 0 Å². The molecule has 1 saturated carbocycles. The van der Waals surface area contributed by atoms with Crippen molar-refractivity contribution in [3.05, 3.63) is 0 Å². The number of nitrogens with two attached hydrogens (primary N) is 3. The highest BCUT2D eigenvalue weighted by Gasteiger charge is 2.43. The lowest BCUT2D eigenvalue weighted by Crippen LogP contribution is -2.64. The van der Waals surface area contributed by atoms with Crippen LogP contribution < -0.4 is 17.2 Å². The molecular formula is C12H27N3. The maximum atomic E-state index is 6.53. The Hall–Kier alpha value is -0.120. The average Bonchev–Trinajstić information content (AvgIpc) is 2.27. The minimum atomic E-state index is -0.220. The second kappa shape index (κ2) is 5.28. The predicted octanol–water partition coefficient (Wildman–Crippen LogP) is 1.35. The lowest BCUT2D eigenvalue weighted by atomic mass is 9.65. The third-order valence-corrected chi connectivity index (χ3v) is 4.18. The third-order valence-electron chi connectivity index (χ3n) is 4.18. The minimum absolute atomic E-state index is 0.0976. The fraction of sp³-hybridized carbons (Fsp3) is 1.00. The smallest absolute Gasteiger partial charge is 0.0351 e. The van der Waals surface area contributed by atoms with Crippen molar-refractivity contribution in [2.75, 3.05) is 0 Å². The highest BCUT2D eigenvalue weighted by atomic mass is 14.9. The highest BCUT2D eigenvalue weighted by molar-refractivity contribution is 5.04. The molecule has 0 aromatic rings. The van der Waals surface area contributed by atoms with Crippen LogP contribution in [0.3, 0.4) is 0 Å². The quantitative estimate of drug-likeness (QED) is 0.659. The second-order valence-corrected chi connectivity index (χ2v) is 5.05. The van der Waals surface area contributed by atoms with E-state index >= 15 is 0 Å². The van der Waals surface area contributed by atoms with Gasteiger partial charge in [0.05, 0.1) is 0 Å². The molecule has 0 aliphatic heterocycles. The zero-order valence-electron chi connectivity index (χ0n) is 10.2. The molecule has 1 fully saturated rings. The molecule has 0 aromatic carbocycles. The molecule has 0 heterocycles. The van der Waals surface area contributed by atoms with Crippen LogP contribution in [0.25, 0.3) is 0 Å². The Kier molecular flexibility index (Phi) is 4.56. The van der Waals surface area contributed by atoms with E-state index in [9.17, 15) is 0 Å². The Balaban J connectivity index is 2.80. The van der Waals surface area contributed by atoms with E-state index in [1.165, 1.54) is 12.8 Å². The maximum absolute atomic E-state index is 6.53. The molecule has 4 atom stereocenters. The first-order valence-electron chi connectivity index (χ1n) is 6.36. The summed E-state index contributed by atoms with van der Waals surface area (Å²) in [6, 6.07) is 0.313. The van der Waals surface area contributed by atoms with Crippen LogP contribution in [0.4, 0.5) is 0 Å². The lowest BCUT2D eigenvalue weighted by Gasteiger charge is -2.47. The molecule has 6 N–H and O–H groups in total. The molecule has 0 saturated heterocycles. The topological polar surface area (TPSA) is 78.1 Å². The molecule has 3 nitrogen and oxygen atoms in total. The van der Waals surface area contributed by atoms with Gasteiger partial charge in [-0.15, -0.1) is 0 Å². The van der Waals surface area contributed by atoms with E-state index in [-0.39, 0.29) is 17.6 Å². The molecule has 90 valence electrons. The van der Waals surface area contributed by atoms with Gasteiger partial charge < -0.3 is 17.2 Å². The largest absolute Gasteiger partial charge is 0.327 e. The van der Waals surface area contributed by atoms with Gasteiger partial charge in [-0.25, -0.2) is 0 Å². The summed E-state index contributed by atoms with van der Waals surface area (Å²) < 4.78 is 0. The Morgan fingerprint density at radius 2 is 1.87 bits per heavy atom. The van der Waals surface area contributed by atoms with Gasteiger partial charge in [-0.3, -0.25) is 0 Å². The minimum Gasteiger partial charge on any atom is -0.327 e. The molecule has 3 heteroatoms. The number of hydrogen-bond donors (Lipinski definition) is 3. The molecule has 0 radical (unpaired) electrons. The van der Waals surface area contributed by atoms with Gasteiger partial charge in [0.25, 0.3) is 0 Å². The van der Waals surface area contributed by atoms with E-state index in [1.54, 1.807) is 0 Å². The van der Waals surface area contributed by atoms with Gasteiger partial charge in [0.1, 0.15) is 0 Å². The molecule has 0 bridgehead atoms. The van der Waals surface area contributed by atoms with Crippen LogP contribution in [-0.2, 0) is 0 Å².